The molecule has 104 valence electrons. The fourth-order valence-electron chi connectivity index (χ4n) is 1.98. The molecular weight excluding hydrogens is 354 g/mol. The Balaban J connectivity index is 2.06. The zero-order valence-corrected chi connectivity index (χ0v) is 13.0. The maximum absolute atomic E-state index is 12.6. The van der Waals surface area contributed by atoms with Crippen LogP contribution in [0.3, 0.4) is 0 Å². The topological polar surface area (TPSA) is 47.8 Å². The van der Waals surface area contributed by atoms with Crippen LogP contribution in [-0.2, 0) is 0 Å². The Morgan fingerprint density at radius 1 is 1.14 bits per heavy atom. The number of aromatic nitrogens is 3. The molecule has 1 aromatic heterocycles. The van der Waals surface area contributed by atoms with Crippen LogP contribution < -0.4 is 0 Å². The van der Waals surface area contributed by atoms with E-state index in [1.165, 1.54) is 10.9 Å². The summed E-state index contributed by atoms with van der Waals surface area (Å²) >= 11 is 9.33. The van der Waals surface area contributed by atoms with E-state index < -0.39 is 0 Å². The molecule has 21 heavy (non-hydrogen) atoms. The van der Waals surface area contributed by atoms with Crippen molar-refractivity contribution in [2.24, 2.45) is 0 Å². The third kappa shape index (κ3) is 2.89. The van der Waals surface area contributed by atoms with Gasteiger partial charge < -0.3 is 0 Å². The number of halogens is 2. The van der Waals surface area contributed by atoms with Crippen LogP contribution in [0.4, 0.5) is 0 Å². The summed E-state index contributed by atoms with van der Waals surface area (Å²) in [7, 11) is 0. The van der Waals surface area contributed by atoms with E-state index in [4.69, 9.17) is 11.6 Å². The lowest BCUT2D eigenvalue weighted by Gasteiger charge is -2.06. The normalized spacial score (nSPS) is 10.6. The van der Waals surface area contributed by atoms with Crippen molar-refractivity contribution in [2.75, 3.05) is 0 Å². The number of hydrogen-bond acceptors (Lipinski definition) is 3. The SMILES string of the molecule is O=C(c1cc(Cl)cc(Br)c1)c1cnnn1-c1ccccc1. The van der Waals surface area contributed by atoms with E-state index in [0.717, 1.165) is 10.2 Å². The zero-order chi connectivity index (χ0) is 14.8. The molecule has 2 aromatic carbocycles. The van der Waals surface area contributed by atoms with Gasteiger partial charge in [-0.25, -0.2) is 4.68 Å². The summed E-state index contributed by atoms with van der Waals surface area (Å²) in [5.74, 6) is -0.188. The van der Waals surface area contributed by atoms with Gasteiger partial charge in [0.1, 0.15) is 5.69 Å². The van der Waals surface area contributed by atoms with Gasteiger partial charge in [-0.1, -0.05) is 50.9 Å². The van der Waals surface area contributed by atoms with Gasteiger partial charge in [-0.2, -0.15) is 0 Å². The van der Waals surface area contributed by atoms with Gasteiger partial charge in [-0.3, -0.25) is 4.79 Å². The molecule has 6 heteroatoms. The number of para-hydroxylation sites is 1. The molecule has 4 nitrogen and oxygen atoms in total. The molecular formula is C15H9BrClN3O. The lowest BCUT2D eigenvalue weighted by atomic mass is 10.1. The average Bonchev–Trinajstić information content (AvgIpc) is 2.95. The Kier molecular flexibility index (Phi) is 3.86. The number of hydrogen-bond donors (Lipinski definition) is 0. The fraction of sp³-hybridized carbons (Fsp3) is 0. The van der Waals surface area contributed by atoms with Gasteiger partial charge in [0, 0.05) is 15.1 Å². The quantitative estimate of drug-likeness (QED) is 0.664. The maximum atomic E-state index is 12.6. The Morgan fingerprint density at radius 2 is 1.90 bits per heavy atom. The van der Waals surface area contributed by atoms with E-state index in [-0.39, 0.29) is 5.78 Å². The van der Waals surface area contributed by atoms with E-state index in [1.54, 1.807) is 18.2 Å². The molecule has 0 atom stereocenters. The molecule has 0 spiro atoms. The minimum atomic E-state index is -0.188. The molecule has 0 saturated carbocycles. The van der Waals surface area contributed by atoms with Crippen molar-refractivity contribution in [3.8, 4) is 5.69 Å². The Bertz CT molecular complexity index is 781. The first-order chi connectivity index (χ1) is 10.1. The summed E-state index contributed by atoms with van der Waals surface area (Å²) in [5.41, 5.74) is 1.64. The van der Waals surface area contributed by atoms with Crippen molar-refractivity contribution in [1.82, 2.24) is 15.0 Å². The van der Waals surface area contributed by atoms with Crippen molar-refractivity contribution in [1.29, 1.82) is 0 Å². The highest BCUT2D eigenvalue weighted by Gasteiger charge is 2.17. The molecule has 0 fully saturated rings. The fourth-order valence-corrected chi connectivity index (χ4v) is 2.84. The van der Waals surface area contributed by atoms with E-state index in [1.807, 2.05) is 30.3 Å². The first kappa shape index (κ1) is 14.0. The number of rotatable bonds is 3. The molecule has 0 unspecified atom stereocenters. The van der Waals surface area contributed by atoms with Crippen LogP contribution in [0.2, 0.25) is 5.02 Å². The standard InChI is InChI=1S/C15H9BrClN3O/c16-11-6-10(7-12(17)8-11)15(21)14-9-18-19-20(14)13-4-2-1-3-5-13/h1-9H. The summed E-state index contributed by atoms with van der Waals surface area (Å²) in [6, 6.07) is 14.4. The van der Waals surface area contributed by atoms with Crippen molar-refractivity contribution >= 4 is 33.3 Å². The molecule has 0 aliphatic rings. The van der Waals surface area contributed by atoms with Gasteiger partial charge in [-0.15, -0.1) is 5.10 Å². The van der Waals surface area contributed by atoms with Gasteiger partial charge in [0.05, 0.1) is 11.9 Å². The summed E-state index contributed by atoms with van der Waals surface area (Å²) in [6.07, 6.45) is 1.45. The molecule has 0 bridgehead atoms. The molecule has 0 amide bonds. The minimum absolute atomic E-state index is 0.188. The van der Waals surface area contributed by atoms with Crippen LogP contribution in [-0.4, -0.2) is 20.8 Å². The molecule has 0 aliphatic heterocycles. The molecule has 1 heterocycles. The van der Waals surface area contributed by atoms with Crippen LogP contribution >= 0.6 is 27.5 Å². The second-order valence-corrected chi connectivity index (χ2v) is 5.71. The molecule has 0 saturated heterocycles. The van der Waals surface area contributed by atoms with E-state index in [9.17, 15) is 4.79 Å². The number of ketones is 1. The third-order valence-corrected chi connectivity index (χ3v) is 3.58. The lowest BCUT2D eigenvalue weighted by molar-refractivity contribution is 0.103. The summed E-state index contributed by atoms with van der Waals surface area (Å²) in [4.78, 5) is 12.6. The van der Waals surface area contributed by atoms with E-state index >= 15 is 0 Å². The van der Waals surface area contributed by atoms with E-state index in [2.05, 4.69) is 26.2 Å². The van der Waals surface area contributed by atoms with Crippen LogP contribution in [0.5, 0.6) is 0 Å². The zero-order valence-electron chi connectivity index (χ0n) is 10.7. The first-order valence-electron chi connectivity index (χ1n) is 6.12. The van der Waals surface area contributed by atoms with Gasteiger partial charge in [0.2, 0.25) is 5.78 Å². The van der Waals surface area contributed by atoms with Crippen molar-refractivity contribution in [3.05, 3.63) is 75.5 Å². The summed E-state index contributed by atoms with van der Waals surface area (Å²) in [6.45, 7) is 0. The van der Waals surface area contributed by atoms with Crippen LogP contribution in [0.1, 0.15) is 16.1 Å². The number of carbonyl (C=O) groups excluding carboxylic acids is 1. The molecule has 3 rings (SSSR count). The smallest absolute Gasteiger partial charge is 0.213 e. The van der Waals surface area contributed by atoms with Gasteiger partial charge in [0.25, 0.3) is 0 Å². The monoisotopic (exact) mass is 361 g/mol. The highest BCUT2D eigenvalue weighted by Crippen LogP contribution is 2.22. The number of nitrogens with zero attached hydrogens (tertiary/aromatic N) is 3. The van der Waals surface area contributed by atoms with Gasteiger partial charge >= 0.3 is 0 Å². The minimum Gasteiger partial charge on any atom is -0.287 e. The molecule has 0 N–H and O–H groups in total. The Hall–Kier alpha value is -1.98. The van der Waals surface area contributed by atoms with Crippen LogP contribution in [0.25, 0.3) is 5.69 Å². The summed E-state index contributed by atoms with van der Waals surface area (Å²) < 4.78 is 2.26. The van der Waals surface area contributed by atoms with Gasteiger partial charge in [0.15, 0.2) is 0 Å². The number of benzene rings is 2. The predicted molar refractivity (Wildman–Crippen MR) is 83.9 cm³/mol. The van der Waals surface area contributed by atoms with Crippen molar-refractivity contribution in [2.45, 2.75) is 0 Å². The van der Waals surface area contributed by atoms with E-state index in [0.29, 0.717) is 16.3 Å². The second-order valence-electron chi connectivity index (χ2n) is 4.35. The summed E-state index contributed by atoms with van der Waals surface area (Å²) in [5, 5.41) is 8.31. The number of carbonyl (C=O) groups is 1. The maximum Gasteiger partial charge on any atom is 0.213 e. The molecule has 0 aliphatic carbocycles. The molecule has 3 aromatic rings. The Labute approximate surface area is 134 Å². The van der Waals surface area contributed by atoms with Crippen molar-refractivity contribution < 1.29 is 4.79 Å². The average molecular weight is 363 g/mol. The highest BCUT2D eigenvalue weighted by molar-refractivity contribution is 9.10. The largest absolute Gasteiger partial charge is 0.287 e. The lowest BCUT2D eigenvalue weighted by Crippen LogP contribution is -2.10. The predicted octanol–water partition coefficient (Wildman–Crippen LogP) is 3.91. The van der Waals surface area contributed by atoms with Crippen LogP contribution in [0, 0.1) is 0 Å². The second kappa shape index (κ2) is 5.79. The molecule has 0 radical (unpaired) electrons. The van der Waals surface area contributed by atoms with Gasteiger partial charge in [-0.05, 0) is 30.3 Å². The van der Waals surface area contributed by atoms with Crippen LogP contribution in [0.15, 0.2) is 59.2 Å². The highest BCUT2D eigenvalue weighted by atomic mass is 79.9. The first-order valence-corrected chi connectivity index (χ1v) is 7.29. The van der Waals surface area contributed by atoms with Crippen molar-refractivity contribution in [3.63, 3.8) is 0 Å². The third-order valence-electron chi connectivity index (χ3n) is 2.91. The Morgan fingerprint density at radius 3 is 2.62 bits per heavy atom.